The number of rotatable bonds is 2. The lowest BCUT2D eigenvalue weighted by Crippen LogP contribution is -2.11. The van der Waals surface area contributed by atoms with Crippen molar-refractivity contribution in [2.45, 2.75) is 20.0 Å². The average molecular weight is 364 g/mol. The van der Waals surface area contributed by atoms with Gasteiger partial charge in [0.05, 0.1) is 10.7 Å². The second-order valence-corrected chi connectivity index (χ2v) is 5.21. The molecular weight excluding hydrogens is 354 g/mol. The fraction of sp³-hybridized carbons (Fsp3) is 0.214. The number of alkyl halides is 3. The number of halogens is 5. The Balaban J connectivity index is 2.40. The number of aryl methyl sites for hydroxylation is 1. The van der Waals surface area contributed by atoms with Crippen LogP contribution in [0.3, 0.4) is 0 Å². The highest BCUT2D eigenvalue weighted by Crippen LogP contribution is 2.39. The Hall–Kier alpha value is -1.63. The van der Waals surface area contributed by atoms with Crippen LogP contribution in [0.25, 0.3) is 0 Å². The molecule has 0 saturated carbocycles. The fourth-order valence-electron chi connectivity index (χ4n) is 1.77. The summed E-state index contributed by atoms with van der Waals surface area (Å²) in [4.78, 5) is 3.40. The highest BCUT2D eigenvalue weighted by Gasteiger charge is 2.35. The molecule has 0 amide bonds. The number of hydrogen-bond acceptors (Lipinski definition) is 2. The lowest BCUT2D eigenvalue weighted by Gasteiger charge is -2.15. The van der Waals surface area contributed by atoms with Crippen molar-refractivity contribution in [3.63, 3.8) is 0 Å². The molecular formula is C14H10BrF4NO. The van der Waals surface area contributed by atoms with Gasteiger partial charge in [-0.25, -0.2) is 9.37 Å². The number of benzene rings is 1. The van der Waals surface area contributed by atoms with E-state index in [1.54, 1.807) is 6.92 Å². The summed E-state index contributed by atoms with van der Waals surface area (Å²) in [5.74, 6) is 0.0638. The largest absolute Gasteiger partial charge is 0.454 e. The zero-order valence-electron chi connectivity index (χ0n) is 11.1. The van der Waals surface area contributed by atoms with Gasteiger partial charge >= 0.3 is 6.18 Å². The van der Waals surface area contributed by atoms with Crippen LogP contribution >= 0.6 is 15.9 Å². The lowest BCUT2D eigenvalue weighted by atomic mass is 10.2. The maximum absolute atomic E-state index is 13.0. The summed E-state index contributed by atoms with van der Waals surface area (Å²) < 4.78 is 56.9. The first-order chi connectivity index (χ1) is 9.70. The van der Waals surface area contributed by atoms with E-state index < -0.39 is 17.7 Å². The predicted molar refractivity (Wildman–Crippen MR) is 72.9 cm³/mol. The molecule has 2 aromatic rings. The minimum absolute atomic E-state index is 0.0697. The van der Waals surface area contributed by atoms with Crippen molar-refractivity contribution in [1.29, 1.82) is 0 Å². The van der Waals surface area contributed by atoms with Crippen LogP contribution < -0.4 is 4.74 Å². The van der Waals surface area contributed by atoms with Gasteiger partial charge in [-0.3, -0.25) is 0 Å². The zero-order chi connectivity index (χ0) is 15.8. The molecule has 0 saturated heterocycles. The van der Waals surface area contributed by atoms with Crippen molar-refractivity contribution in [3.8, 4) is 11.5 Å². The summed E-state index contributed by atoms with van der Waals surface area (Å²) in [6, 6.07) is 3.89. The second-order valence-electron chi connectivity index (χ2n) is 4.42. The quantitative estimate of drug-likeness (QED) is 0.665. The van der Waals surface area contributed by atoms with Crippen molar-refractivity contribution in [2.75, 3.05) is 0 Å². The fourth-order valence-corrected chi connectivity index (χ4v) is 2.14. The number of aromatic nitrogens is 1. The number of pyridine rings is 1. The molecule has 0 fully saturated rings. The van der Waals surface area contributed by atoms with Gasteiger partial charge in [-0.2, -0.15) is 13.2 Å². The minimum Gasteiger partial charge on any atom is -0.454 e. The van der Waals surface area contributed by atoms with Crippen molar-refractivity contribution in [3.05, 3.63) is 51.5 Å². The third-order valence-corrected chi connectivity index (χ3v) is 3.82. The Labute approximate surface area is 126 Å². The summed E-state index contributed by atoms with van der Waals surface area (Å²) in [6.07, 6.45) is -3.54. The maximum Gasteiger partial charge on any atom is 0.433 e. The van der Waals surface area contributed by atoms with E-state index in [4.69, 9.17) is 4.74 Å². The summed E-state index contributed by atoms with van der Waals surface area (Å²) in [5.41, 5.74) is -0.517. The van der Waals surface area contributed by atoms with Gasteiger partial charge in [-0.05, 0) is 59.1 Å². The Morgan fingerprint density at radius 1 is 1.14 bits per heavy atom. The van der Waals surface area contributed by atoms with Gasteiger partial charge in [0.15, 0.2) is 5.75 Å². The first-order valence-corrected chi connectivity index (χ1v) is 6.65. The van der Waals surface area contributed by atoms with Gasteiger partial charge in [0.2, 0.25) is 0 Å². The Bertz CT molecular complexity index is 685. The molecule has 112 valence electrons. The van der Waals surface area contributed by atoms with Gasteiger partial charge in [-0.1, -0.05) is 0 Å². The van der Waals surface area contributed by atoms with E-state index in [0.717, 1.165) is 6.20 Å². The highest BCUT2D eigenvalue weighted by molar-refractivity contribution is 9.10. The van der Waals surface area contributed by atoms with Crippen molar-refractivity contribution < 1.29 is 22.3 Å². The second kappa shape index (κ2) is 5.63. The molecule has 1 aromatic heterocycles. The van der Waals surface area contributed by atoms with Gasteiger partial charge < -0.3 is 4.74 Å². The molecule has 7 heteroatoms. The summed E-state index contributed by atoms with van der Waals surface area (Å²) in [5, 5.41) is 0. The van der Waals surface area contributed by atoms with E-state index in [2.05, 4.69) is 20.9 Å². The van der Waals surface area contributed by atoms with E-state index in [9.17, 15) is 17.6 Å². The number of hydrogen-bond donors (Lipinski definition) is 0. The zero-order valence-corrected chi connectivity index (χ0v) is 12.6. The normalized spacial score (nSPS) is 11.6. The molecule has 1 aromatic carbocycles. The molecule has 1 heterocycles. The van der Waals surface area contributed by atoms with Crippen LogP contribution in [0, 0.1) is 19.7 Å². The van der Waals surface area contributed by atoms with Gasteiger partial charge in [-0.15, -0.1) is 0 Å². The highest BCUT2D eigenvalue weighted by atomic mass is 79.9. The molecule has 0 spiro atoms. The van der Waals surface area contributed by atoms with Crippen LogP contribution in [0.15, 0.2) is 28.9 Å². The maximum atomic E-state index is 13.0. The summed E-state index contributed by atoms with van der Waals surface area (Å²) >= 11 is 3.08. The van der Waals surface area contributed by atoms with Crippen LogP contribution in [0.2, 0.25) is 0 Å². The Morgan fingerprint density at radius 3 is 2.38 bits per heavy atom. The molecule has 21 heavy (non-hydrogen) atoms. The SMILES string of the molecule is Cc1cc(F)ccc1Oc1cnc(C(F)(F)F)c(C)c1Br. The average Bonchev–Trinajstić information content (AvgIpc) is 2.36. The molecule has 2 rings (SSSR count). The molecule has 0 atom stereocenters. The van der Waals surface area contributed by atoms with Crippen LogP contribution in [0.5, 0.6) is 11.5 Å². The van der Waals surface area contributed by atoms with Crippen molar-refractivity contribution in [1.82, 2.24) is 4.98 Å². The number of nitrogens with zero attached hydrogens (tertiary/aromatic N) is 1. The minimum atomic E-state index is -4.53. The third kappa shape index (κ3) is 3.34. The lowest BCUT2D eigenvalue weighted by molar-refractivity contribution is -0.141. The van der Waals surface area contributed by atoms with Crippen molar-refractivity contribution in [2.24, 2.45) is 0 Å². The van der Waals surface area contributed by atoms with Gasteiger partial charge in [0, 0.05) is 0 Å². The van der Waals surface area contributed by atoms with E-state index in [0.29, 0.717) is 11.3 Å². The van der Waals surface area contributed by atoms with E-state index in [1.165, 1.54) is 25.1 Å². The molecule has 2 nitrogen and oxygen atoms in total. The first kappa shape index (κ1) is 15.8. The summed E-state index contributed by atoms with van der Waals surface area (Å²) in [7, 11) is 0. The van der Waals surface area contributed by atoms with Crippen LogP contribution in [0.1, 0.15) is 16.8 Å². The van der Waals surface area contributed by atoms with Crippen LogP contribution in [-0.2, 0) is 6.18 Å². The molecule has 0 aliphatic heterocycles. The molecule has 0 aliphatic carbocycles. The Morgan fingerprint density at radius 2 is 1.81 bits per heavy atom. The van der Waals surface area contributed by atoms with E-state index in [-0.39, 0.29) is 15.8 Å². The molecule has 0 unspecified atom stereocenters. The van der Waals surface area contributed by atoms with Gasteiger partial charge in [0.1, 0.15) is 17.3 Å². The van der Waals surface area contributed by atoms with Crippen LogP contribution in [-0.4, -0.2) is 4.98 Å². The third-order valence-electron chi connectivity index (χ3n) is 2.84. The first-order valence-electron chi connectivity index (χ1n) is 5.86. The summed E-state index contributed by atoms with van der Waals surface area (Å²) in [6.45, 7) is 2.93. The van der Waals surface area contributed by atoms with E-state index in [1.807, 2.05) is 0 Å². The van der Waals surface area contributed by atoms with Crippen LogP contribution in [0.4, 0.5) is 17.6 Å². The number of ether oxygens (including phenoxy) is 1. The van der Waals surface area contributed by atoms with Crippen molar-refractivity contribution >= 4 is 15.9 Å². The molecule has 0 bridgehead atoms. The molecule has 0 aliphatic rings. The Kier molecular flexibility index (Phi) is 4.22. The molecule has 0 radical (unpaired) electrons. The van der Waals surface area contributed by atoms with Gasteiger partial charge in [0.25, 0.3) is 0 Å². The monoisotopic (exact) mass is 363 g/mol. The molecule has 0 N–H and O–H groups in total. The smallest absolute Gasteiger partial charge is 0.433 e. The van der Waals surface area contributed by atoms with E-state index >= 15 is 0 Å². The predicted octanol–water partition coefficient (Wildman–Crippen LogP) is 5.41. The topological polar surface area (TPSA) is 22.1 Å². The standard InChI is InChI=1S/C14H10BrF4NO/c1-7-5-9(16)3-4-10(7)21-11-6-20-13(14(17,18)19)8(2)12(11)15/h3-6H,1-2H3.